The monoisotopic (exact) mass is 399 g/mol. The van der Waals surface area contributed by atoms with Crippen LogP contribution in [0.3, 0.4) is 0 Å². The molecule has 2 bridgehead atoms. The third-order valence-corrected chi connectivity index (χ3v) is 5.97. The van der Waals surface area contributed by atoms with Gasteiger partial charge in [-0.2, -0.15) is 0 Å². The zero-order valence-electron chi connectivity index (χ0n) is 15.9. The van der Waals surface area contributed by atoms with Crippen molar-refractivity contribution in [2.75, 3.05) is 6.61 Å². The Hall–Kier alpha value is -3.00. The number of halogens is 1. The highest BCUT2D eigenvalue weighted by Gasteiger charge is 2.56. The number of nitrogens with zero attached hydrogens (tertiary/aromatic N) is 2. The third kappa shape index (κ3) is 3.23. The number of hydrogen-bond donors (Lipinski definition) is 2. The lowest BCUT2D eigenvalue weighted by atomic mass is 9.86. The molecule has 0 spiro atoms. The van der Waals surface area contributed by atoms with Crippen molar-refractivity contribution in [3.05, 3.63) is 69.9 Å². The Kier molecular flexibility index (Phi) is 4.96. The Morgan fingerprint density at radius 1 is 1.21 bits per heavy atom. The SMILES string of the molecule is CC(=O)N1[C@@H]2c3cccc(=O)n3C[C@H]1[C@H](CO)[C@H]2C(=O)NCc1ccc(F)cc1. The van der Waals surface area contributed by atoms with Crippen LogP contribution in [-0.2, 0) is 22.7 Å². The normalized spacial score (nSPS) is 24.9. The second kappa shape index (κ2) is 7.44. The van der Waals surface area contributed by atoms with Crippen LogP contribution < -0.4 is 10.9 Å². The summed E-state index contributed by atoms with van der Waals surface area (Å²) in [4.78, 5) is 39.5. The van der Waals surface area contributed by atoms with E-state index in [2.05, 4.69) is 5.32 Å². The molecule has 29 heavy (non-hydrogen) atoms. The van der Waals surface area contributed by atoms with Crippen LogP contribution in [0.25, 0.3) is 0 Å². The van der Waals surface area contributed by atoms with Gasteiger partial charge in [0.15, 0.2) is 0 Å². The van der Waals surface area contributed by atoms with Crippen LogP contribution in [-0.4, -0.2) is 39.0 Å². The number of rotatable bonds is 4. The summed E-state index contributed by atoms with van der Waals surface area (Å²) < 4.78 is 14.7. The fourth-order valence-corrected chi connectivity index (χ4v) is 4.70. The maximum atomic E-state index is 13.1. The summed E-state index contributed by atoms with van der Waals surface area (Å²) in [5.41, 5.74) is 1.15. The van der Waals surface area contributed by atoms with Gasteiger partial charge in [-0.1, -0.05) is 18.2 Å². The minimum atomic E-state index is -0.690. The predicted molar refractivity (Wildman–Crippen MR) is 102 cm³/mol. The molecule has 2 aromatic rings. The highest BCUT2D eigenvalue weighted by molar-refractivity contribution is 5.83. The molecule has 152 valence electrons. The van der Waals surface area contributed by atoms with Gasteiger partial charge < -0.3 is 19.9 Å². The fourth-order valence-electron chi connectivity index (χ4n) is 4.70. The molecule has 0 aliphatic carbocycles. The first kappa shape index (κ1) is 19.3. The minimum Gasteiger partial charge on any atom is -0.396 e. The molecular weight excluding hydrogens is 377 g/mol. The van der Waals surface area contributed by atoms with Gasteiger partial charge in [0.05, 0.1) is 18.0 Å². The fraction of sp³-hybridized carbons (Fsp3) is 0.381. The molecule has 1 fully saturated rings. The van der Waals surface area contributed by atoms with Crippen molar-refractivity contribution in [2.24, 2.45) is 11.8 Å². The number of hydrogen-bond acceptors (Lipinski definition) is 4. The Morgan fingerprint density at radius 2 is 1.93 bits per heavy atom. The second-order valence-electron chi connectivity index (χ2n) is 7.55. The van der Waals surface area contributed by atoms with Crippen LogP contribution in [0.2, 0.25) is 0 Å². The van der Waals surface area contributed by atoms with Crippen molar-refractivity contribution in [1.82, 2.24) is 14.8 Å². The summed E-state index contributed by atoms with van der Waals surface area (Å²) in [5, 5.41) is 12.9. The van der Waals surface area contributed by atoms with Gasteiger partial charge >= 0.3 is 0 Å². The molecule has 4 rings (SSSR count). The van der Waals surface area contributed by atoms with Gasteiger partial charge in [-0.15, -0.1) is 0 Å². The summed E-state index contributed by atoms with van der Waals surface area (Å²) >= 11 is 0. The number of benzene rings is 1. The molecule has 0 radical (unpaired) electrons. The lowest BCUT2D eigenvalue weighted by Gasteiger charge is -2.37. The number of aliphatic hydroxyl groups excluding tert-OH is 1. The minimum absolute atomic E-state index is 0.190. The van der Waals surface area contributed by atoms with Crippen molar-refractivity contribution in [3.63, 3.8) is 0 Å². The number of pyridine rings is 1. The predicted octanol–water partition coefficient (Wildman–Crippen LogP) is 0.814. The molecule has 1 aromatic heterocycles. The average molecular weight is 399 g/mol. The second-order valence-corrected chi connectivity index (χ2v) is 7.55. The summed E-state index contributed by atoms with van der Waals surface area (Å²) in [6, 6.07) is 9.57. The first-order chi connectivity index (χ1) is 13.9. The summed E-state index contributed by atoms with van der Waals surface area (Å²) in [5.74, 6) is -2.04. The van der Waals surface area contributed by atoms with E-state index < -0.39 is 23.9 Å². The van der Waals surface area contributed by atoms with Gasteiger partial charge in [0.25, 0.3) is 5.56 Å². The van der Waals surface area contributed by atoms with Gasteiger partial charge in [-0.3, -0.25) is 14.4 Å². The first-order valence-electron chi connectivity index (χ1n) is 9.54. The van der Waals surface area contributed by atoms with Crippen molar-refractivity contribution >= 4 is 11.8 Å². The topological polar surface area (TPSA) is 91.6 Å². The Balaban J connectivity index is 1.67. The molecule has 8 heteroatoms. The number of carbonyl (C=O) groups excluding carboxylic acids is 2. The van der Waals surface area contributed by atoms with Crippen LogP contribution in [0.15, 0.2) is 47.3 Å². The molecule has 2 aliphatic heterocycles. The van der Waals surface area contributed by atoms with Crippen molar-refractivity contribution in [3.8, 4) is 0 Å². The van der Waals surface area contributed by atoms with Gasteiger partial charge in [-0.05, 0) is 23.8 Å². The molecule has 4 atom stereocenters. The third-order valence-electron chi connectivity index (χ3n) is 5.97. The molecule has 0 saturated carbocycles. The van der Waals surface area contributed by atoms with E-state index in [4.69, 9.17) is 0 Å². The number of fused-ring (bicyclic) bond motifs is 4. The number of amides is 2. The van der Waals surface area contributed by atoms with Crippen molar-refractivity contribution < 1.29 is 19.1 Å². The van der Waals surface area contributed by atoms with Gasteiger partial charge in [0, 0.05) is 44.3 Å². The maximum Gasteiger partial charge on any atom is 0.250 e. The summed E-state index contributed by atoms with van der Waals surface area (Å²) in [7, 11) is 0. The van der Waals surface area contributed by atoms with E-state index in [-0.39, 0.29) is 42.9 Å². The van der Waals surface area contributed by atoms with E-state index >= 15 is 0 Å². The number of aliphatic hydroxyl groups is 1. The quantitative estimate of drug-likeness (QED) is 0.796. The molecule has 7 nitrogen and oxygen atoms in total. The van der Waals surface area contributed by atoms with E-state index in [1.807, 2.05) is 0 Å². The number of carbonyl (C=O) groups is 2. The van der Waals surface area contributed by atoms with E-state index in [1.54, 1.807) is 33.7 Å². The standard InChI is InChI=1S/C21H22FN3O4/c1-12(27)25-17-10-24-16(3-2-4-18(24)28)20(25)19(15(17)11-26)21(29)23-9-13-5-7-14(22)8-6-13/h2-8,15,17,19-20,26H,9-11H2,1H3,(H,23,29)/t15-,17-,19+,20+/m0/s1. The van der Waals surface area contributed by atoms with E-state index in [0.29, 0.717) is 5.69 Å². The molecule has 0 unspecified atom stereocenters. The lowest BCUT2D eigenvalue weighted by molar-refractivity contribution is -0.134. The summed E-state index contributed by atoms with van der Waals surface area (Å²) in [6.07, 6.45) is 0. The van der Waals surface area contributed by atoms with Crippen LogP contribution in [0.5, 0.6) is 0 Å². The first-order valence-corrected chi connectivity index (χ1v) is 9.54. The van der Waals surface area contributed by atoms with Gasteiger partial charge in [0.2, 0.25) is 11.8 Å². The van der Waals surface area contributed by atoms with E-state index in [9.17, 15) is 23.9 Å². The number of aromatic nitrogens is 1. The van der Waals surface area contributed by atoms with Crippen LogP contribution in [0.1, 0.15) is 24.2 Å². The highest BCUT2D eigenvalue weighted by atomic mass is 19.1. The molecule has 1 aromatic carbocycles. The van der Waals surface area contributed by atoms with Crippen LogP contribution in [0, 0.1) is 17.7 Å². The average Bonchev–Trinajstić information content (AvgIpc) is 2.95. The molecular formula is C21H22FN3O4. The van der Waals surface area contributed by atoms with Crippen molar-refractivity contribution in [1.29, 1.82) is 0 Å². The molecule has 2 aliphatic rings. The van der Waals surface area contributed by atoms with E-state index in [1.165, 1.54) is 25.1 Å². The molecule has 3 heterocycles. The Labute approximate surface area is 166 Å². The lowest BCUT2D eigenvalue weighted by Crippen LogP contribution is -2.48. The van der Waals surface area contributed by atoms with Crippen LogP contribution >= 0.6 is 0 Å². The molecule has 1 saturated heterocycles. The van der Waals surface area contributed by atoms with E-state index in [0.717, 1.165) is 5.56 Å². The largest absolute Gasteiger partial charge is 0.396 e. The maximum absolute atomic E-state index is 13.1. The van der Waals surface area contributed by atoms with Crippen molar-refractivity contribution in [2.45, 2.75) is 32.1 Å². The van der Waals surface area contributed by atoms with Gasteiger partial charge in [0.1, 0.15) is 5.82 Å². The molecule has 2 N–H and O–H groups in total. The Morgan fingerprint density at radius 3 is 2.59 bits per heavy atom. The Bertz CT molecular complexity index is 1000. The highest BCUT2D eigenvalue weighted by Crippen LogP contribution is 2.48. The van der Waals surface area contributed by atoms with Crippen LogP contribution in [0.4, 0.5) is 4.39 Å². The molecule has 2 amide bonds. The smallest absolute Gasteiger partial charge is 0.250 e. The summed E-state index contributed by atoms with van der Waals surface area (Å²) in [6.45, 7) is 1.61. The van der Waals surface area contributed by atoms with Gasteiger partial charge in [-0.25, -0.2) is 4.39 Å². The zero-order chi connectivity index (χ0) is 20.7. The number of nitrogens with one attached hydrogen (secondary N) is 1. The zero-order valence-corrected chi connectivity index (χ0v) is 15.9.